The van der Waals surface area contributed by atoms with Gasteiger partial charge in [-0.1, -0.05) is 12.1 Å². The maximum absolute atomic E-state index is 6.00. The zero-order valence-corrected chi connectivity index (χ0v) is 11.1. The molecule has 0 saturated heterocycles. The number of hydrogen-bond acceptors (Lipinski definition) is 6. The lowest BCUT2D eigenvalue weighted by Crippen LogP contribution is -2.14. The molecule has 2 aromatic heterocycles. The van der Waals surface area contributed by atoms with E-state index in [9.17, 15) is 0 Å². The summed E-state index contributed by atoms with van der Waals surface area (Å²) in [4.78, 5) is 11.2. The molecule has 0 aliphatic carbocycles. The Morgan fingerprint density at radius 3 is 3.17 bits per heavy atom. The van der Waals surface area contributed by atoms with Crippen LogP contribution in [-0.4, -0.2) is 25.9 Å². The van der Waals surface area contributed by atoms with Crippen molar-refractivity contribution in [2.24, 2.45) is 5.73 Å². The van der Waals surface area contributed by atoms with Crippen LogP contribution in [0.15, 0.2) is 17.0 Å². The summed E-state index contributed by atoms with van der Waals surface area (Å²) in [5, 5.41) is 3.93. The Hall–Kier alpha value is -1.34. The second-order valence-corrected chi connectivity index (χ2v) is 5.09. The van der Waals surface area contributed by atoms with Gasteiger partial charge in [-0.2, -0.15) is 16.7 Å². The number of nitrogens with zero attached hydrogens (tertiary/aromatic N) is 3. The van der Waals surface area contributed by atoms with Crippen LogP contribution in [-0.2, 0) is 12.2 Å². The molecule has 0 radical (unpaired) electrons. The highest BCUT2D eigenvalue weighted by atomic mass is 32.2. The largest absolute Gasteiger partial charge is 0.348 e. The molecular weight excluding hydrogens is 250 g/mol. The fourth-order valence-electron chi connectivity index (χ4n) is 1.51. The zero-order valence-electron chi connectivity index (χ0n) is 10.3. The van der Waals surface area contributed by atoms with Crippen molar-refractivity contribution in [2.75, 3.05) is 5.75 Å². The van der Waals surface area contributed by atoms with Crippen molar-refractivity contribution in [3.05, 3.63) is 29.9 Å². The van der Waals surface area contributed by atoms with Gasteiger partial charge in [0, 0.05) is 18.3 Å². The molecule has 0 bridgehead atoms. The van der Waals surface area contributed by atoms with Crippen molar-refractivity contribution in [3.63, 3.8) is 0 Å². The number of imidazole rings is 1. The lowest BCUT2D eigenvalue weighted by atomic mass is 10.2. The highest BCUT2D eigenvalue weighted by Gasteiger charge is 2.15. The molecule has 98 valence electrons. The number of aromatic amines is 1. The van der Waals surface area contributed by atoms with E-state index in [2.05, 4.69) is 27.0 Å². The van der Waals surface area contributed by atoms with E-state index in [1.165, 1.54) is 0 Å². The highest BCUT2D eigenvalue weighted by molar-refractivity contribution is 7.98. The second kappa shape index (κ2) is 6.55. The summed E-state index contributed by atoms with van der Waals surface area (Å²) in [5.41, 5.74) is 6.96. The molecule has 6 nitrogen and oxygen atoms in total. The SMILES string of the molecule is CCCSCc1noc(C(N)Cc2cnc[nH]2)n1. The third-order valence-corrected chi connectivity index (χ3v) is 3.53. The number of nitrogens with two attached hydrogens (primary N) is 1. The average Bonchev–Trinajstić information content (AvgIpc) is 3.00. The lowest BCUT2D eigenvalue weighted by Gasteiger charge is -2.03. The maximum Gasteiger partial charge on any atom is 0.243 e. The predicted molar refractivity (Wildman–Crippen MR) is 70.0 cm³/mol. The minimum atomic E-state index is -0.289. The molecule has 0 saturated carbocycles. The topological polar surface area (TPSA) is 93.6 Å². The minimum Gasteiger partial charge on any atom is -0.348 e. The summed E-state index contributed by atoms with van der Waals surface area (Å²) in [6, 6.07) is -0.289. The fourth-order valence-corrected chi connectivity index (χ4v) is 2.24. The van der Waals surface area contributed by atoms with Gasteiger partial charge in [0.15, 0.2) is 5.82 Å². The van der Waals surface area contributed by atoms with Crippen LogP contribution in [0.3, 0.4) is 0 Å². The molecule has 0 aliphatic heterocycles. The Labute approximate surface area is 110 Å². The van der Waals surface area contributed by atoms with E-state index in [1.807, 2.05) is 0 Å². The Morgan fingerprint density at radius 1 is 1.56 bits per heavy atom. The van der Waals surface area contributed by atoms with Crippen LogP contribution in [0.2, 0.25) is 0 Å². The Bertz CT molecular complexity index is 456. The zero-order chi connectivity index (χ0) is 12.8. The first kappa shape index (κ1) is 13.1. The third kappa shape index (κ3) is 3.58. The maximum atomic E-state index is 6.00. The number of aromatic nitrogens is 4. The van der Waals surface area contributed by atoms with E-state index in [0.29, 0.717) is 18.1 Å². The number of hydrogen-bond donors (Lipinski definition) is 2. The van der Waals surface area contributed by atoms with Gasteiger partial charge in [-0.3, -0.25) is 0 Å². The first-order valence-electron chi connectivity index (χ1n) is 5.92. The number of rotatable bonds is 7. The van der Waals surface area contributed by atoms with Crippen molar-refractivity contribution in [3.8, 4) is 0 Å². The quantitative estimate of drug-likeness (QED) is 0.741. The van der Waals surface area contributed by atoms with E-state index in [1.54, 1.807) is 24.3 Å². The van der Waals surface area contributed by atoms with Crippen LogP contribution in [0.1, 0.15) is 36.8 Å². The van der Waals surface area contributed by atoms with Crippen LogP contribution < -0.4 is 5.73 Å². The predicted octanol–water partition coefficient (Wildman–Crippen LogP) is 1.68. The third-order valence-electron chi connectivity index (χ3n) is 2.38. The summed E-state index contributed by atoms with van der Waals surface area (Å²) < 4.78 is 5.17. The van der Waals surface area contributed by atoms with Gasteiger partial charge in [0.1, 0.15) is 0 Å². The molecule has 1 unspecified atom stereocenters. The molecular formula is C11H17N5OS. The average molecular weight is 267 g/mol. The Morgan fingerprint density at radius 2 is 2.44 bits per heavy atom. The molecule has 0 fully saturated rings. The van der Waals surface area contributed by atoms with Crippen molar-refractivity contribution in [1.29, 1.82) is 0 Å². The smallest absolute Gasteiger partial charge is 0.243 e. The molecule has 0 aromatic carbocycles. The summed E-state index contributed by atoms with van der Waals surface area (Å²) in [6.45, 7) is 2.15. The molecule has 7 heteroatoms. The molecule has 2 rings (SSSR count). The lowest BCUT2D eigenvalue weighted by molar-refractivity contribution is 0.350. The van der Waals surface area contributed by atoms with Gasteiger partial charge in [-0.05, 0) is 12.2 Å². The number of H-pyrrole nitrogens is 1. The van der Waals surface area contributed by atoms with Crippen molar-refractivity contribution in [2.45, 2.75) is 31.6 Å². The van der Waals surface area contributed by atoms with E-state index in [0.717, 1.165) is 23.6 Å². The molecule has 3 N–H and O–H groups in total. The van der Waals surface area contributed by atoms with Crippen molar-refractivity contribution in [1.82, 2.24) is 20.1 Å². The van der Waals surface area contributed by atoms with E-state index in [4.69, 9.17) is 10.3 Å². The van der Waals surface area contributed by atoms with Crippen LogP contribution >= 0.6 is 11.8 Å². The fraction of sp³-hybridized carbons (Fsp3) is 0.545. The normalized spacial score (nSPS) is 12.8. The van der Waals surface area contributed by atoms with Crippen LogP contribution in [0, 0.1) is 0 Å². The second-order valence-electron chi connectivity index (χ2n) is 3.99. The van der Waals surface area contributed by atoms with Gasteiger partial charge in [-0.15, -0.1) is 0 Å². The number of nitrogens with one attached hydrogen (secondary N) is 1. The van der Waals surface area contributed by atoms with E-state index < -0.39 is 0 Å². The molecule has 0 aliphatic rings. The van der Waals surface area contributed by atoms with Gasteiger partial charge in [-0.25, -0.2) is 4.98 Å². The molecule has 0 amide bonds. The van der Waals surface area contributed by atoms with Crippen molar-refractivity contribution >= 4 is 11.8 Å². The van der Waals surface area contributed by atoms with E-state index >= 15 is 0 Å². The van der Waals surface area contributed by atoms with Gasteiger partial charge in [0.25, 0.3) is 0 Å². The summed E-state index contributed by atoms with van der Waals surface area (Å²) in [6.07, 6.45) is 5.13. The minimum absolute atomic E-state index is 0.289. The standard InChI is InChI=1S/C11H17N5OS/c1-2-3-18-6-10-15-11(17-16-10)9(12)4-8-5-13-7-14-8/h5,7,9H,2-4,6,12H2,1H3,(H,13,14). The van der Waals surface area contributed by atoms with Crippen LogP contribution in [0.5, 0.6) is 0 Å². The molecule has 18 heavy (non-hydrogen) atoms. The van der Waals surface area contributed by atoms with E-state index in [-0.39, 0.29) is 6.04 Å². The van der Waals surface area contributed by atoms with Crippen LogP contribution in [0.4, 0.5) is 0 Å². The Kier molecular flexibility index (Phi) is 4.77. The summed E-state index contributed by atoms with van der Waals surface area (Å²) in [7, 11) is 0. The first-order valence-corrected chi connectivity index (χ1v) is 7.08. The van der Waals surface area contributed by atoms with Crippen LogP contribution in [0.25, 0.3) is 0 Å². The van der Waals surface area contributed by atoms with Gasteiger partial charge >= 0.3 is 0 Å². The first-order chi connectivity index (χ1) is 8.79. The summed E-state index contributed by atoms with van der Waals surface area (Å²) in [5.74, 6) is 3.07. The Balaban J connectivity index is 1.88. The van der Waals surface area contributed by atoms with Gasteiger partial charge in [0.05, 0.1) is 18.1 Å². The highest BCUT2D eigenvalue weighted by Crippen LogP contribution is 2.15. The summed E-state index contributed by atoms with van der Waals surface area (Å²) >= 11 is 1.79. The molecule has 1 atom stereocenters. The molecule has 2 aromatic rings. The number of thioether (sulfide) groups is 1. The molecule has 0 spiro atoms. The molecule has 2 heterocycles. The monoisotopic (exact) mass is 267 g/mol. The van der Waals surface area contributed by atoms with Gasteiger partial charge < -0.3 is 15.2 Å². The van der Waals surface area contributed by atoms with Gasteiger partial charge in [0.2, 0.25) is 5.89 Å². The van der Waals surface area contributed by atoms with Crippen molar-refractivity contribution < 1.29 is 4.52 Å².